The normalized spacial score (nSPS) is 20.9. The van der Waals surface area contributed by atoms with Crippen LogP contribution < -0.4 is 11.1 Å². The minimum atomic E-state index is 0.176. The number of nitrogens with one attached hydrogen (secondary N) is 1. The zero-order chi connectivity index (χ0) is 13.2. The largest absolute Gasteiger partial charge is 0.356 e. The van der Waals surface area contributed by atoms with Crippen molar-refractivity contribution in [3.8, 4) is 0 Å². The van der Waals surface area contributed by atoms with Gasteiger partial charge in [-0.1, -0.05) is 6.42 Å². The summed E-state index contributed by atoms with van der Waals surface area (Å²) in [7, 11) is 0. The van der Waals surface area contributed by atoms with Gasteiger partial charge in [-0.05, 0) is 52.1 Å². The smallest absolute Gasteiger partial charge is 0.219 e. The van der Waals surface area contributed by atoms with Crippen LogP contribution in [0.2, 0.25) is 0 Å². The number of carbonyl (C=O) groups excluding carboxylic acids is 1. The van der Waals surface area contributed by atoms with Gasteiger partial charge >= 0.3 is 0 Å². The highest BCUT2D eigenvalue weighted by atomic mass is 16.1. The Morgan fingerprint density at radius 3 is 2.89 bits per heavy atom. The third-order valence-corrected chi connectivity index (χ3v) is 3.74. The molecule has 18 heavy (non-hydrogen) atoms. The first-order valence-electron chi connectivity index (χ1n) is 7.45. The molecule has 4 heteroatoms. The van der Waals surface area contributed by atoms with Crippen molar-refractivity contribution in [2.45, 2.75) is 57.9 Å². The third kappa shape index (κ3) is 6.36. The van der Waals surface area contributed by atoms with Gasteiger partial charge in [-0.2, -0.15) is 0 Å². The molecule has 4 nitrogen and oxygen atoms in total. The lowest BCUT2D eigenvalue weighted by Gasteiger charge is -2.33. The molecule has 1 fully saturated rings. The zero-order valence-corrected chi connectivity index (χ0v) is 11.8. The predicted octanol–water partition coefficient (Wildman–Crippen LogP) is 1.50. The van der Waals surface area contributed by atoms with Crippen LogP contribution in [-0.4, -0.2) is 43.0 Å². The molecule has 0 bridgehead atoms. The van der Waals surface area contributed by atoms with Crippen LogP contribution in [0.3, 0.4) is 0 Å². The lowest BCUT2D eigenvalue weighted by atomic mass is 10.0. The molecule has 0 aromatic heterocycles. The number of amides is 1. The Hall–Kier alpha value is -0.610. The van der Waals surface area contributed by atoms with Gasteiger partial charge in [-0.15, -0.1) is 0 Å². The van der Waals surface area contributed by atoms with Crippen LogP contribution in [0.1, 0.15) is 51.9 Å². The summed E-state index contributed by atoms with van der Waals surface area (Å²) in [6, 6.07) is 0.721. The van der Waals surface area contributed by atoms with Crippen molar-refractivity contribution in [3.05, 3.63) is 0 Å². The molecule has 0 saturated carbocycles. The van der Waals surface area contributed by atoms with Crippen LogP contribution in [0.15, 0.2) is 0 Å². The maximum absolute atomic E-state index is 11.5. The highest BCUT2D eigenvalue weighted by Gasteiger charge is 2.17. The van der Waals surface area contributed by atoms with Crippen LogP contribution in [-0.2, 0) is 4.79 Å². The number of likely N-dealkylation sites (tertiary alicyclic amines) is 1. The Morgan fingerprint density at radius 2 is 2.17 bits per heavy atom. The minimum Gasteiger partial charge on any atom is -0.356 e. The van der Waals surface area contributed by atoms with Crippen LogP contribution >= 0.6 is 0 Å². The Labute approximate surface area is 111 Å². The Balaban J connectivity index is 1.98. The molecule has 0 radical (unpaired) electrons. The molecule has 3 N–H and O–H groups in total. The van der Waals surface area contributed by atoms with E-state index in [2.05, 4.69) is 17.1 Å². The van der Waals surface area contributed by atoms with E-state index < -0.39 is 0 Å². The Kier molecular flexibility index (Phi) is 8.01. The molecule has 0 spiro atoms. The Bertz CT molecular complexity index is 233. The van der Waals surface area contributed by atoms with Gasteiger partial charge in [0.25, 0.3) is 0 Å². The Morgan fingerprint density at radius 1 is 1.33 bits per heavy atom. The van der Waals surface area contributed by atoms with E-state index >= 15 is 0 Å². The summed E-state index contributed by atoms with van der Waals surface area (Å²) < 4.78 is 0. The molecule has 106 valence electrons. The van der Waals surface area contributed by atoms with Crippen molar-refractivity contribution < 1.29 is 4.79 Å². The van der Waals surface area contributed by atoms with Crippen molar-refractivity contribution in [1.29, 1.82) is 0 Å². The summed E-state index contributed by atoms with van der Waals surface area (Å²) in [6.07, 6.45) is 7.56. The number of carbonyl (C=O) groups is 1. The monoisotopic (exact) mass is 255 g/mol. The van der Waals surface area contributed by atoms with Gasteiger partial charge in [0.05, 0.1) is 0 Å². The van der Waals surface area contributed by atoms with Crippen LogP contribution in [0.5, 0.6) is 0 Å². The zero-order valence-electron chi connectivity index (χ0n) is 11.8. The number of nitrogens with zero attached hydrogens (tertiary/aromatic N) is 1. The van der Waals surface area contributed by atoms with E-state index in [1.807, 2.05) is 0 Å². The number of rotatable bonds is 8. The lowest BCUT2D eigenvalue weighted by molar-refractivity contribution is -0.121. The molecule has 1 unspecified atom stereocenters. The second-order valence-electron chi connectivity index (χ2n) is 5.33. The van der Waals surface area contributed by atoms with Crippen molar-refractivity contribution in [3.63, 3.8) is 0 Å². The topological polar surface area (TPSA) is 58.4 Å². The fourth-order valence-corrected chi connectivity index (χ4v) is 2.52. The van der Waals surface area contributed by atoms with Crippen LogP contribution in [0, 0.1) is 0 Å². The van der Waals surface area contributed by atoms with E-state index in [0.717, 1.165) is 38.4 Å². The molecule has 0 aromatic carbocycles. The van der Waals surface area contributed by atoms with E-state index in [1.54, 1.807) is 0 Å². The number of hydrogen-bond donors (Lipinski definition) is 2. The SMILES string of the molecule is CC1CCCCN1CCCNC(=O)CCCCN. The molecule has 1 aliphatic heterocycles. The maximum atomic E-state index is 11.5. The molecule has 1 aliphatic rings. The molecule has 1 saturated heterocycles. The van der Waals surface area contributed by atoms with Gasteiger partial charge in [0.1, 0.15) is 0 Å². The predicted molar refractivity (Wildman–Crippen MR) is 75.4 cm³/mol. The molecule has 1 heterocycles. The fraction of sp³-hybridized carbons (Fsp3) is 0.929. The summed E-state index contributed by atoms with van der Waals surface area (Å²) in [5, 5.41) is 2.99. The average Bonchev–Trinajstić information content (AvgIpc) is 2.37. The van der Waals surface area contributed by atoms with E-state index in [-0.39, 0.29) is 5.91 Å². The molecule has 0 aliphatic carbocycles. The molecule has 0 aromatic rings. The average molecular weight is 255 g/mol. The second kappa shape index (κ2) is 9.34. The van der Waals surface area contributed by atoms with Crippen LogP contribution in [0.4, 0.5) is 0 Å². The molecule has 1 atom stereocenters. The first-order valence-corrected chi connectivity index (χ1v) is 7.45. The highest BCUT2D eigenvalue weighted by Crippen LogP contribution is 2.15. The molecule has 1 amide bonds. The second-order valence-corrected chi connectivity index (χ2v) is 5.33. The van der Waals surface area contributed by atoms with Gasteiger partial charge in [0, 0.05) is 25.6 Å². The van der Waals surface area contributed by atoms with Gasteiger partial charge in [-0.25, -0.2) is 0 Å². The van der Waals surface area contributed by atoms with Crippen molar-refractivity contribution in [2.24, 2.45) is 5.73 Å². The maximum Gasteiger partial charge on any atom is 0.219 e. The van der Waals surface area contributed by atoms with Gasteiger partial charge in [0.2, 0.25) is 5.91 Å². The highest BCUT2D eigenvalue weighted by molar-refractivity contribution is 5.75. The first kappa shape index (κ1) is 15.4. The van der Waals surface area contributed by atoms with Crippen LogP contribution in [0.25, 0.3) is 0 Å². The first-order chi connectivity index (χ1) is 8.74. The number of piperidine rings is 1. The number of hydrogen-bond acceptors (Lipinski definition) is 3. The molecular formula is C14H29N3O. The summed E-state index contributed by atoms with van der Waals surface area (Å²) in [6.45, 7) is 6.14. The summed E-state index contributed by atoms with van der Waals surface area (Å²) in [4.78, 5) is 14.0. The van der Waals surface area contributed by atoms with E-state index in [4.69, 9.17) is 5.73 Å². The van der Waals surface area contributed by atoms with Gasteiger partial charge in [-0.3, -0.25) is 4.79 Å². The third-order valence-electron chi connectivity index (χ3n) is 3.74. The molecule has 1 rings (SSSR count). The standard InChI is InChI=1S/C14H29N3O/c1-13-7-3-5-11-17(13)12-6-10-16-14(18)8-2-4-9-15/h13H,2-12,15H2,1H3,(H,16,18). The number of nitrogens with two attached hydrogens (primary N) is 1. The summed E-state index contributed by atoms with van der Waals surface area (Å²) in [5.74, 6) is 0.176. The van der Waals surface area contributed by atoms with E-state index in [1.165, 1.54) is 25.8 Å². The quantitative estimate of drug-likeness (QED) is 0.646. The van der Waals surface area contributed by atoms with Gasteiger partial charge < -0.3 is 16.0 Å². The van der Waals surface area contributed by atoms with Gasteiger partial charge in [0.15, 0.2) is 0 Å². The fourth-order valence-electron chi connectivity index (χ4n) is 2.52. The van der Waals surface area contributed by atoms with E-state index in [9.17, 15) is 4.79 Å². The van der Waals surface area contributed by atoms with Crippen molar-refractivity contribution >= 4 is 5.91 Å². The molecular weight excluding hydrogens is 226 g/mol. The van der Waals surface area contributed by atoms with Crippen molar-refractivity contribution in [1.82, 2.24) is 10.2 Å². The lowest BCUT2D eigenvalue weighted by Crippen LogP contribution is -2.39. The summed E-state index contributed by atoms with van der Waals surface area (Å²) >= 11 is 0. The minimum absolute atomic E-state index is 0.176. The van der Waals surface area contributed by atoms with E-state index in [0.29, 0.717) is 13.0 Å². The summed E-state index contributed by atoms with van der Waals surface area (Å²) in [5.41, 5.74) is 5.39. The van der Waals surface area contributed by atoms with Crippen molar-refractivity contribution in [2.75, 3.05) is 26.2 Å². The number of unbranched alkanes of at least 4 members (excludes halogenated alkanes) is 1.